The molecule has 2 N–H and O–H groups in total. The van der Waals surface area contributed by atoms with Gasteiger partial charge in [-0.2, -0.15) is 0 Å². The van der Waals surface area contributed by atoms with Gasteiger partial charge in [0, 0.05) is 39.4 Å². The Morgan fingerprint density at radius 1 is 1.00 bits per heavy atom. The molecule has 0 heterocycles. The lowest BCUT2D eigenvalue weighted by Crippen LogP contribution is -2.43. The van der Waals surface area contributed by atoms with E-state index >= 15 is 0 Å². The molecule has 0 spiro atoms. The Morgan fingerprint density at radius 3 is 2.10 bits per heavy atom. The number of methoxy groups -OCH3 is 4. The van der Waals surface area contributed by atoms with Crippen LogP contribution in [0.4, 0.5) is 0 Å². The minimum Gasteiger partial charge on any atom is -0.496 e. The van der Waals surface area contributed by atoms with Gasteiger partial charge in [-0.15, -0.1) is 24.0 Å². The van der Waals surface area contributed by atoms with Crippen LogP contribution < -0.4 is 24.8 Å². The average Bonchev–Trinajstić information content (AvgIpc) is 3.20. The quantitative estimate of drug-likeness (QED) is 0.279. The van der Waals surface area contributed by atoms with Crippen molar-refractivity contribution in [1.29, 1.82) is 0 Å². The summed E-state index contributed by atoms with van der Waals surface area (Å²) in [7, 11) is 8.47. The molecule has 0 amide bonds. The van der Waals surface area contributed by atoms with Gasteiger partial charge in [0.2, 0.25) is 0 Å². The molecule has 8 heteroatoms. The molecule has 29 heavy (non-hydrogen) atoms. The van der Waals surface area contributed by atoms with E-state index in [1.807, 2.05) is 12.1 Å². The fraction of sp³-hybridized carbons (Fsp3) is 0.667. The van der Waals surface area contributed by atoms with Gasteiger partial charge in [0.25, 0.3) is 0 Å². The fourth-order valence-corrected chi connectivity index (χ4v) is 3.87. The second-order valence-electron chi connectivity index (χ2n) is 7.24. The largest absolute Gasteiger partial charge is 0.496 e. The van der Waals surface area contributed by atoms with E-state index < -0.39 is 0 Å². The fourth-order valence-electron chi connectivity index (χ4n) is 3.87. The Labute approximate surface area is 191 Å². The zero-order chi connectivity index (χ0) is 20.4. The van der Waals surface area contributed by atoms with Crippen LogP contribution >= 0.6 is 24.0 Å². The molecule has 1 aromatic rings. The van der Waals surface area contributed by atoms with Crippen LogP contribution in [0.1, 0.15) is 37.7 Å². The number of nitrogens with zero attached hydrogens (tertiary/aromatic N) is 1. The lowest BCUT2D eigenvalue weighted by Gasteiger charge is -2.30. The number of hydrogen-bond acceptors (Lipinski definition) is 5. The maximum atomic E-state index is 5.52. The highest BCUT2D eigenvalue weighted by Gasteiger charge is 2.33. The summed E-state index contributed by atoms with van der Waals surface area (Å²) in [4.78, 5) is 4.38. The van der Waals surface area contributed by atoms with Crippen molar-refractivity contribution in [3.63, 3.8) is 0 Å². The number of guanidine groups is 1. The smallest absolute Gasteiger partial charge is 0.191 e. The van der Waals surface area contributed by atoms with Gasteiger partial charge in [0.05, 0.1) is 33.4 Å². The van der Waals surface area contributed by atoms with E-state index in [1.54, 1.807) is 35.5 Å². The predicted molar refractivity (Wildman–Crippen MR) is 127 cm³/mol. The van der Waals surface area contributed by atoms with Gasteiger partial charge in [-0.3, -0.25) is 4.99 Å². The van der Waals surface area contributed by atoms with Crippen LogP contribution in [0.2, 0.25) is 0 Å². The van der Waals surface area contributed by atoms with Gasteiger partial charge in [0.1, 0.15) is 17.2 Å². The van der Waals surface area contributed by atoms with Gasteiger partial charge in [-0.25, -0.2) is 0 Å². The molecule has 0 unspecified atom stereocenters. The van der Waals surface area contributed by atoms with E-state index in [9.17, 15) is 0 Å². The van der Waals surface area contributed by atoms with Gasteiger partial charge in [0.15, 0.2) is 5.96 Å². The molecule has 166 valence electrons. The van der Waals surface area contributed by atoms with E-state index in [2.05, 4.69) is 15.6 Å². The monoisotopic (exact) mass is 521 g/mol. The first kappa shape index (κ1) is 25.6. The van der Waals surface area contributed by atoms with Crippen molar-refractivity contribution in [3.8, 4) is 17.2 Å². The molecular formula is C21H36IN3O4. The molecule has 0 radical (unpaired) electrons. The van der Waals surface area contributed by atoms with Crippen molar-refractivity contribution in [2.75, 3.05) is 48.6 Å². The second-order valence-corrected chi connectivity index (χ2v) is 7.24. The third-order valence-corrected chi connectivity index (χ3v) is 5.60. The van der Waals surface area contributed by atoms with E-state index in [0.29, 0.717) is 29.2 Å². The molecule has 0 bridgehead atoms. The molecule has 0 aliphatic heterocycles. The van der Waals surface area contributed by atoms with E-state index in [0.717, 1.165) is 31.1 Å². The Kier molecular flexibility index (Phi) is 11.5. The van der Waals surface area contributed by atoms with Crippen molar-refractivity contribution < 1.29 is 18.9 Å². The number of hydrogen-bond donors (Lipinski definition) is 2. The highest BCUT2D eigenvalue weighted by molar-refractivity contribution is 14.0. The topological polar surface area (TPSA) is 73.3 Å². The standard InChI is InChI=1S/C21H35N3O4.HI/c1-22-20(24-15-21(10-11-25-2)8-6-7-9-21)23-14-17-18(27-4)12-16(26-3)13-19(17)28-5;/h12-13H,6-11,14-15H2,1-5H3,(H2,22,23,24);1H. The summed E-state index contributed by atoms with van der Waals surface area (Å²) < 4.78 is 21.7. The van der Waals surface area contributed by atoms with Crippen LogP contribution in [0.3, 0.4) is 0 Å². The Balaban J connectivity index is 0.00000420. The third kappa shape index (κ3) is 7.09. The molecule has 0 saturated heterocycles. The van der Waals surface area contributed by atoms with E-state index in [4.69, 9.17) is 18.9 Å². The third-order valence-electron chi connectivity index (χ3n) is 5.60. The SMILES string of the molecule is CN=C(NCc1c(OC)cc(OC)cc1OC)NCC1(CCOC)CCCC1.I. The molecule has 0 aromatic heterocycles. The van der Waals surface area contributed by atoms with Crippen LogP contribution in [-0.4, -0.2) is 54.6 Å². The Bertz CT molecular complexity index is 624. The first-order chi connectivity index (χ1) is 13.6. The summed E-state index contributed by atoms with van der Waals surface area (Å²) in [6, 6.07) is 3.71. The first-order valence-electron chi connectivity index (χ1n) is 9.83. The normalized spacial score (nSPS) is 15.4. The van der Waals surface area contributed by atoms with Gasteiger partial charge in [-0.1, -0.05) is 12.8 Å². The van der Waals surface area contributed by atoms with Crippen LogP contribution in [0.5, 0.6) is 17.2 Å². The number of halogens is 1. The van der Waals surface area contributed by atoms with Crippen molar-refractivity contribution in [2.45, 2.75) is 38.6 Å². The number of benzene rings is 1. The summed E-state index contributed by atoms with van der Waals surface area (Å²) in [6.45, 7) is 2.22. The van der Waals surface area contributed by atoms with Crippen molar-refractivity contribution in [1.82, 2.24) is 10.6 Å². The Hall–Kier alpha value is -1.42. The maximum Gasteiger partial charge on any atom is 0.191 e. The predicted octanol–water partition coefficient (Wildman–Crippen LogP) is 3.59. The van der Waals surface area contributed by atoms with Crippen molar-refractivity contribution >= 4 is 29.9 Å². The maximum absolute atomic E-state index is 5.52. The molecule has 1 fully saturated rings. The van der Waals surface area contributed by atoms with Crippen LogP contribution in [0.25, 0.3) is 0 Å². The van der Waals surface area contributed by atoms with Crippen LogP contribution in [-0.2, 0) is 11.3 Å². The highest BCUT2D eigenvalue weighted by atomic mass is 127. The number of aliphatic imine (C=N–C) groups is 1. The number of ether oxygens (including phenoxy) is 4. The minimum absolute atomic E-state index is 0. The zero-order valence-electron chi connectivity index (χ0n) is 18.3. The van der Waals surface area contributed by atoms with Gasteiger partial charge < -0.3 is 29.6 Å². The van der Waals surface area contributed by atoms with Crippen LogP contribution in [0.15, 0.2) is 17.1 Å². The number of nitrogens with one attached hydrogen (secondary N) is 2. The second kappa shape index (κ2) is 13.0. The summed E-state index contributed by atoms with van der Waals surface area (Å²) in [6.07, 6.45) is 6.13. The molecule has 1 saturated carbocycles. The van der Waals surface area contributed by atoms with Gasteiger partial charge >= 0.3 is 0 Å². The summed E-state index contributed by atoms with van der Waals surface area (Å²) >= 11 is 0. The van der Waals surface area contributed by atoms with Gasteiger partial charge in [-0.05, 0) is 24.7 Å². The molecule has 7 nitrogen and oxygen atoms in total. The van der Waals surface area contributed by atoms with E-state index in [-0.39, 0.29) is 24.0 Å². The van der Waals surface area contributed by atoms with Crippen molar-refractivity contribution in [3.05, 3.63) is 17.7 Å². The molecule has 1 aromatic carbocycles. The molecule has 0 atom stereocenters. The summed E-state index contributed by atoms with van der Waals surface area (Å²) in [5.74, 6) is 2.89. The summed E-state index contributed by atoms with van der Waals surface area (Å²) in [5.41, 5.74) is 1.21. The zero-order valence-corrected chi connectivity index (χ0v) is 20.6. The lowest BCUT2D eigenvalue weighted by molar-refractivity contribution is 0.138. The number of rotatable bonds is 10. The van der Waals surface area contributed by atoms with Crippen molar-refractivity contribution in [2.24, 2.45) is 10.4 Å². The minimum atomic E-state index is 0. The van der Waals surface area contributed by atoms with E-state index in [1.165, 1.54) is 25.7 Å². The molecule has 1 aliphatic rings. The molecular weight excluding hydrogens is 485 g/mol. The highest BCUT2D eigenvalue weighted by Crippen LogP contribution is 2.40. The average molecular weight is 521 g/mol. The summed E-state index contributed by atoms with van der Waals surface area (Å²) in [5, 5.41) is 6.88. The molecule has 2 rings (SSSR count). The lowest BCUT2D eigenvalue weighted by atomic mass is 9.83. The first-order valence-corrected chi connectivity index (χ1v) is 9.83. The van der Waals surface area contributed by atoms with Crippen LogP contribution in [0, 0.1) is 5.41 Å². The Morgan fingerprint density at radius 2 is 1.62 bits per heavy atom. The molecule has 1 aliphatic carbocycles.